The van der Waals surface area contributed by atoms with Gasteiger partial charge in [-0.25, -0.2) is 0 Å². The van der Waals surface area contributed by atoms with Crippen molar-refractivity contribution in [3.05, 3.63) is 28.6 Å². The van der Waals surface area contributed by atoms with Crippen molar-refractivity contribution in [1.29, 1.82) is 0 Å². The summed E-state index contributed by atoms with van der Waals surface area (Å²) in [4.78, 5) is 12.8. The van der Waals surface area contributed by atoms with Gasteiger partial charge in [0.05, 0.1) is 19.2 Å². The third-order valence-electron chi connectivity index (χ3n) is 4.88. The van der Waals surface area contributed by atoms with Crippen LogP contribution in [0.1, 0.15) is 65.2 Å². The first-order valence-electron chi connectivity index (χ1n) is 10.2. The average molecular weight is 376 g/mol. The molecule has 0 amide bonds. The highest BCUT2D eigenvalue weighted by Gasteiger charge is 2.17. The number of nitrogens with zero attached hydrogens (tertiary/aromatic N) is 1. The number of rotatable bonds is 12. The number of pyridine rings is 1. The molecule has 0 spiro atoms. The van der Waals surface area contributed by atoms with Crippen molar-refractivity contribution < 1.29 is 14.6 Å². The normalized spacial score (nSPS) is 11.1. The molecule has 0 radical (unpaired) electrons. The number of ether oxygens (including phenoxy) is 2. The first-order chi connectivity index (χ1) is 13.1. The van der Waals surface area contributed by atoms with Crippen molar-refractivity contribution >= 4 is 10.9 Å². The topological polar surface area (TPSA) is 60.7 Å². The molecule has 5 heteroatoms. The van der Waals surface area contributed by atoms with Gasteiger partial charge in [0.15, 0.2) is 5.75 Å². The Bertz CT molecular complexity index is 782. The maximum atomic E-state index is 12.8. The summed E-state index contributed by atoms with van der Waals surface area (Å²) in [5, 5.41) is 11.1. The molecule has 0 bridgehead atoms. The van der Waals surface area contributed by atoms with Crippen molar-refractivity contribution in [3.63, 3.8) is 0 Å². The van der Waals surface area contributed by atoms with Gasteiger partial charge in [0, 0.05) is 18.0 Å². The zero-order valence-electron chi connectivity index (χ0n) is 16.9. The van der Waals surface area contributed by atoms with Crippen molar-refractivity contribution in [3.8, 4) is 17.2 Å². The molecule has 5 nitrogen and oxygen atoms in total. The van der Waals surface area contributed by atoms with Crippen molar-refractivity contribution in [1.82, 2.24) is 4.57 Å². The number of unbranched alkanes of at least 4 members (excludes halogenated alkanes) is 6. The fourth-order valence-corrected chi connectivity index (χ4v) is 3.30. The molecule has 0 aliphatic rings. The van der Waals surface area contributed by atoms with E-state index in [0.717, 1.165) is 44.3 Å². The first-order valence-corrected chi connectivity index (χ1v) is 10.2. The van der Waals surface area contributed by atoms with Gasteiger partial charge in [-0.05, 0) is 25.0 Å². The molecule has 1 N–H and O–H groups in total. The first kappa shape index (κ1) is 21.1. The lowest BCUT2D eigenvalue weighted by Crippen LogP contribution is -2.22. The van der Waals surface area contributed by atoms with Crippen LogP contribution >= 0.6 is 0 Å². The van der Waals surface area contributed by atoms with E-state index in [-0.39, 0.29) is 17.1 Å². The van der Waals surface area contributed by atoms with Crippen molar-refractivity contribution in [2.24, 2.45) is 0 Å². The standard InChI is InChI=1S/C22H33NO4/c1-4-6-8-10-14-23-19-16-17(27-15-11-9-7-5-2)12-13-18(19)20(24)21(26-3)22(23)25/h12-13,16,24H,4-11,14-15H2,1-3H3. The second-order valence-electron chi connectivity index (χ2n) is 6.99. The Morgan fingerprint density at radius 3 is 2.37 bits per heavy atom. The molecule has 27 heavy (non-hydrogen) atoms. The van der Waals surface area contributed by atoms with Crippen molar-refractivity contribution in [2.75, 3.05) is 13.7 Å². The van der Waals surface area contributed by atoms with Gasteiger partial charge in [-0.2, -0.15) is 0 Å². The van der Waals surface area contributed by atoms with Crippen LogP contribution in [0.4, 0.5) is 0 Å². The Morgan fingerprint density at radius 1 is 1.00 bits per heavy atom. The lowest BCUT2D eigenvalue weighted by atomic mass is 10.1. The van der Waals surface area contributed by atoms with Gasteiger partial charge in [-0.1, -0.05) is 52.4 Å². The third kappa shape index (κ3) is 5.41. The predicted molar refractivity (Wildman–Crippen MR) is 110 cm³/mol. The zero-order valence-corrected chi connectivity index (χ0v) is 16.9. The monoisotopic (exact) mass is 375 g/mol. The number of benzene rings is 1. The number of fused-ring (bicyclic) bond motifs is 1. The Hall–Kier alpha value is -2.17. The zero-order chi connectivity index (χ0) is 19.6. The maximum absolute atomic E-state index is 12.8. The van der Waals surface area contributed by atoms with Crippen LogP contribution in [0, 0.1) is 0 Å². The van der Waals surface area contributed by atoms with Crippen LogP contribution in [-0.2, 0) is 6.54 Å². The number of aryl methyl sites for hydroxylation is 1. The van der Waals surface area contributed by atoms with Crippen LogP contribution in [-0.4, -0.2) is 23.4 Å². The quantitative estimate of drug-likeness (QED) is 0.514. The summed E-state index contributed by atoms with van der Waals surface area (Å²) in [6, 6.07) is 5.50. The van der Waals surface area contributed by atoms with E-state index in [1.54, 1.807) is 10.6 Å². The molecular weight excluding hydrogens is 342 g/mol. The lowest BCUT2D eigenvalue weighted by Gasteiger charge is -2.15. The molecule has 2 aromatic rings. The fraction of sp³-hybridized carbons (Fsp3) is 0.591. The van der Waals surface area contributed by atoms with E-state index >= 15 is 0 Å². The molecule has 2 rings (SSSR count). The summed E-state index contributed by atoms with van der Waals surface area (Å²) < 4.78 is 12.7. The van der Waals surface area contributed by atoms with Crippen LogP contribution in [0.3, 0.4) is 0 Å². The van der Waals surface area contributed by atoms with Crippen LogP contribution in [0.25, 0.3) is 10.9 Å². The summed E-state index contributed by atoms with van der Waals surface area (Å²) in [6.45, 7) is 5.61. The van der Waals surface area contributed by atoms with E-state index in [9.17, 15) is 9.90 Å². The minimum atomic E-state index is -0.293. The number of hydrogen-bond acceptors (Lipinski definition) is 4. The van der Waals surface area contributed by atoms with E-state index < -0.39 is 0 Å². The van der Waals surface area contributed by atoms with Crippen LogP contribution in [0.5, 0.6) is 17.2 Å². The largest absolute Gasteiger partial charge is 0.504 e. The molecule has 0 aliphatic carbocycles. The van der Waals surface area contributed by atoms with Gasteiger partial charge in [-0.15, -0.1) is 0 Å². The summed E-state index contributed by atoms with van der Waals surface area (Å²) in [7, 11) is 1.41. The molecular formula is C22H33NO4. The van der Waals surface area contributed by atoms with Gasteiger partial charge in [-0.3, -0.25) is 4.79 Å². The smallest absolute Gasteiger partial charge is 0.297 e. The fourth-order valence-electron chi connectivity index (χ4n) is 3.30. The third-order valence-corrected chi connectivity index (χ3v) is 4.88. The second kappa shape index (κ2) is 10.9. The van der Waals surface area contributed by atoms with Crippen LogP contribution in [0.2, 0.25) is 0 Å². The number of methoxy groups -OCH3 is 1. The molecule has 0 atom stereocenters. The molecule has 0 unspecified atom stereocenters. The van der Waals surface area contributed by atoms with E-state index in [0.29, 0.717) is 24.1 Å². The second-order valence-corrected chi connectivity index (χ2v) is 6.99. The van der Waals surface area contributed by atoms with Crippen molar-refractivity contribution in [2.45, 2.75) is 71.8 Å². The predicted octanol–water partition coefficient (Wildman–Crippen LogP) is 5.26. The van der Waals surface area contributed by atoms with Gasteiger partial charge < -0.3 is 19.1 Å². The van der Waals surface area contributed by atoms with Gasteiger partial charge in [0.2, 0.25) is 5.75 Å². The van der Waals surface area contributed by atoms with E-state index in [4.69, 9.17) is 9.47 Å². The van der Waals surface area contributed by atoms with E-state index in [1.807, 2.05) is 12.1 Å². The summed E-state index contributed by atoms with van der Waals surface area (Å²) in [5.74, 6) is 0.633. The summed E-state index contributed by atoms with van der Waals surface area (Å²) >= 11 is 0. The molecule has 1 heterocycles. The highest BCUT2D eigenvalue weighted by Crippen LogP contribution is 2.33. The minimum absolute atomic E-state index is 0.00576. The highest BCUT2D eigenvalue weighted by atomic mass is 16.5. The summed E-state index contributed by atoms with van der Waals surface area (Å²) in [5.41, 5.74) is 0.403. The molecule has 0 saturated carbocycles. The van der Waals surface area contributed by atoms with Gasteiger partial charge in [0.25, 0.3) is 5.56 Å². The lowest BCUT2D eigenvalue weighted by molar-refractivity contribution is 0.305. The Balaban J connectivity index is 2.30. The average Bonchev–Trinajstić information content (AvgIpc) is 2.67. The van der Waals surface area contributed by atoms with Gasteiger partial charge >= 0.3 is 0 Å². The number of hydrogen-bond donors (Lipinski definition) is 1. The van der Waals surface area contributed by atoms with E-state index in [1.165, 1.54) is 20.0 Å². The Labute approximate surface area is 161 Å². The Kier molecular flexibility index (Phi) is 8.49. The number of aromatic nitrogens is 1. The summed E-state index contributed by atoms with van der Waals surface area (Å²) in [6.07, 6.45) is 8.86. The Morgan fingerprint density at radius 2 is 1.70 bits per heavy atom. The van der Waals surface area contributed by atoms with Gasteiger partial charge in [0.1, 0.15) is 5.75 Å². The molecule has 150 valence electrons. The molecule has 0 aliphatic heterocycles. The minimum Gasteiger partial charge on any atom is -0.504 e. The molecule has 0 saturated heterocycles. The molecule has 1 aromatic carbocycles. The highest BCUT2D eigenvalue weighted by molar-refractivity contribution is 5.88. The molecule has 0 fully saturated rings. The SMILES string of the molecule is CCCCCCOc1ccc2c(O)c(OC)c(=O)n(CCCCCC)c2c1. The van der Waals surface area contributed by atoms with Crippen LogP contribution in [0.15, 0.2) is 23.0 Å². The number of aromatic hydroxyl groups is 1. The van der Waals surface area contributed by atoms with E-state index in [2.05, 4.69) is 13.8 Å². The molecule has 1 aromatic heterocycles. The van der Waals surface area contributed by atoms with Crippen LogP contribution < -0.4 is 15.0 Å². The maximum Gasteiger partial charge on any atom is 0.297 e.